The number of hydrogen-bond donors (Lipinski definition) is 1. The molecule has 1 N–H and O–H groups in total. The van der Waals surface area contributed by atoms with Gasteiger partial charge in [-0.25, -0.2) is 8.42 Å². The summed E-state index contributed by atoms with van der Waals surface area (Å²) in [6.45, 7) is 4.70. The molecule has 2 amide bonds. The number of nitrogens with zero attached hydrogens (tertiary/aromatic N) is 2. The summed E-state index contributed by atoms with van der Waals surface area (Å²) in [7, 11) is -0.318. The van der Waals surface area contributed by atoms with Crippen molar-refractivity contribution >= 4 is 50.7 Å². The van der Waals surface area contributed by atoms with E-state index >= 15 is 0 Å². The summed E-state index contributed by atoms with van der Waals surface area (Å²) >= 11 is 13.0. The summed E-state index contributed by atoms with van der Waals surface area (Å²) in [5.41, 5.74) is 0.741. The lowest BCUT2D eigenvalue weighted by Crippen LogP contribution is -2.56. The van der Waals surface area contributed by atoms with Crippen molar-refractivity contribution in [3.63, 3.8) is 0 Å². The van der Waals surface area contributed by atoms with Crippen LogP contribution in [-0.2, 0) is 32.6 Å². The first-order chi connectivity index (χ1) is 23.7. The molecule has 1 atom stereocenters. The van der Waals surface area contributed by atoms with Crippen molar-refractivity contribution < 1.29 is 32.2 Å². The van der Waals surface area contributed by atoms with Crippen LogP contribution < -0.4 is 23.8 Å². The number of carbonyl (C=O) groups excluding carboxylic acids is 2. The van der Waals surface area contributed by atoms with Gasteiger partial charge in [-0.3, -0.25) is 13.9 Å². The number of anilines is 1. The van der Waals surface area contributed by atoms with E-state index in [4.69, 9.17) is 37.4 Å². The first-order valence-electron chi connectivity index (χ1n) is 15.7. The SMILES string of the molecule is COc1ccc(S(=O)(=O)N(CC(=O)N(Cc2ccccc2Cl)[C@@H](Cc2ccccc2)C(=O)NC(C)(C)C)c2cc(Cl)ccc2OC)cc1OC. The number of amides is 2. The number of halogens is 2. The first kappa shape index (κ1) is 38.4. The van der Waals surface area contributed by atoms with E-state index in [0.29, 0.717) is 16.3 Å². The van der Waals surface area contributed by atoms with Crippen molar-refractivity contribution in [2.45, 2.75) is 50.2 Å². The zero-order chi connectivity index (χ0) is 36.6. The highest BCUT2D eigenvalue weighted by Gasteiger charge is 2.37. The molecule has 50 heavy (non-hydrogen) atoms. The Kier molecular flexibility index (Phi) is 12.7. The minimum absolute atomic E-state index is 0.0135. The van der Waals surface area contributed by atoms with Crippen LogP contribution in [-0.4, -0.2) is 64.6 Å². The number of sulfonamides is 1. The van der Waals surface area contributed by atoms with E-state index in [2.05, 4.69) is 5.32 Å². The van der Waals surface area contributed by atoms with Gasteiger partial charge in [0.2, 0.25) is 11.8 Å². The van der Waals surface area contributed by atoms with Crippen LogP contribution in [0.15, 0.2) is 95.9 Å². The molecule has 0 aromatic heterocycles. The van der Waals surface area contributed by atoms with E-state index in [0.717, 1.165) is 9.87 Å². The molecule has 0 radical (unpaired) electrons. The van der Waals surface area contributed by atoms with Gasteiger partial charge in [0, 0.05) is 34.6 Å². The van der Waals surface area contributed by atoms with Gasteiger partial charge in [-0.15, -0.1) is 0 Å². The van der Waals surface area contributed by atoms with Gasteiger partial charge in [0.1, 0.15) is 18.3 Å². The summed E-state index contributed by atoms with van der Waals surface area (Å²) < 4.78 is 46.4. The predicted octanol–water partition coefficient (Wildman–Crippen LogP) is 6.77. The molecule has 10 nitrogen and oxygen atoms in total. The topological polar surface area (TPSA) is 114 Å². The third-order valence-electron chi connectivity index (χ3n) is 7.70. The molecule has 266 valence electrons. The Labute approximate surface area is 303 Å². The second-order valence-corrected chi connectivity index (χ2v) is 15.1. The fourth-order valence-corrected chi connectivity index (χ4v) is 7.09. The fourth-order valence-electron chi connectivity index (χ4n) is 5.29. The van der Waals surface area contributed by atoms with Gasteiger partial charge in [-0.05, 0) is 68.3 Å². The minimum Gasteiger partial charge on any atom is -0.495 e. The molecule has 0 aliphatic heterocycles. The van der Waals surface area contributed by atoms with Crippen LogP contribution >= 0.6 is 23.2 Å². The van der Waals surface area contributed by atoms with Gasteiger partial charge < -0.3 is 24.4 Å². The van der Waals surface area contributed by atoms with Crippen molar-refractivity contribution in [3.8, 4) is 17.2 Å². The number of carbonyl (C=O) groups is 2. The number of ether oxygens (including phenoxy) is 3. The van der Waals surface area contributed by atoms with Gasteiger partial charge in [0.05, 0.1) is 31.9 Å². The minimum atomic E-state index is -4.52. The lowest BCUT2D eigenvalue weighted by molar-refractivity contribution is -0.140. The van der Waals surface area contributed by atoms with E-state index in [1.807, 2.05) is 51.1 Å². The quantitative estimate of drug-likeness (QED) is 0.152. The summed E-state index contributed by atoms with van der Waals surface area (Å²) in [6, 6.07) is 23.7. The number of hydrogen-bond acceptors (Lipinski definition) is 7. The normalized spacial score (nSPS) is 12.1. The molecule has 0 saturated carbocycles. The molecule has 0 bridgehead atoms. The average molecular weight is 743 g/mol. The molecule has 0 aliphatic rings. The molecule has 0 fully saturated rings. The fraction of sp³-hybridized carbons (Fsp3) is 0.297. The van der Waals surface area contributed by atoms with E-state index in [9.17, 15) is 18.0 Å². The second kappa shape index (κ2) is 16.5. The van der Waals surface area contributed by atoms with E-state index < -0.39 is 40.0 Å². The summed E-state index contributed by atoms with van der Waals surface area (Å²) in [5.74, 6) is -0.471. The van der Waals surface area contributed by atoms with Gasteiger partial charge in [-0.2, -0.15) is 0 Å². The van der Waals surface area contributed by atoms with Crippen LogP contribution in [0, 0.1) is 0 Å². The van der Waals surface area contributed by atoms with Gasteiger partial charge in [0.15, 0.2) is 11.5 Å². The lowest BCUT2D eigenvalue weighted by Gasteiger charge is -2.35. The Bertz CT molecular complexity index is 1920. The molecule has 4 aromatic rings. The van der Waals surface area contributed by atoms with Crippen molar-refractivity contribution in [1.29, 1.82) is 0 Å². The molecule has 0 heterocycles. The Morgan fingerprint density at radius 1 is 0.800 bits per heavy atom. The van der Waals surface area contributed by atoms with Gasteiger partial charge >= 0.3 is 0 Å². The number of nitrogens with one attached hydrogen (secondary N) is 1. The molecular weight excluding hydrogens is 701 g/mol. The molecule has 0 aliphatic carbocycles. The highest BCUT2D eigenvalue weighted by Crippen LogP contribution is 2.37. The first-order valence-corrected chi connectivity index (χ1v) is 17.8. The number of methoxy groups -OCH3 is 3. The predicted molar refractivity (Wildman–Crippen MR) is 196 cm³/mol. The molecule has 13 heteroatoms. The average Bonchev–Trinajstić information content (AvgIpc) is 3.08. The third-order valence-corrected chi connectivity index (χ3v) is 10.1. The van der Waals surface area contributed by atoms with Crippen LogP contribution in [0.5, 0.6) is 17.2 Å². The number of rotatable bonds is 14. The molecule has 4 rings (SSSR count). The molecule has 0 spiro atoms. The maximum Gasteiger partial charge on any atom is 0.265 e. The highest BCUT2D eigenvalue weighted by molar-refractivity contribution is 7.92. The van der Waals surface area contributed by atoms with Crippen molar-refractivity contribution in [2.24, 2.45) is 0 Å². The third kappa shape index (κ3) is 9.41. The second-order valence-electron chi connectivity index (χ2n) is 12.4. The van der Waals surface area contributed by atoms with Crippen LogP contribution in [0.3, 0.4) is 0 Å². The molecule has 0 unspecified atom stereocenters. The van der Waals surface area contributed by atoms with E-state index in [1.165, 1.54) is 56.6 Å². The Morgan fingerprint density at radius 2 is 1.42 bits per heavy atom. The van der Waals surface area contributed by atoms with Crippen LogP contribution in [0.1, 0.15) is 31.9 Å². The Morgan fingerprint density at radius 3 is 2.04 bits per heavy atom. The summed E-state index contributed by atoms with van der Waals surface area (Å²) in [5, 5.41) is 3.59. The highest BCUT2D eigenvalue weighted by atomic mass is 35.5. The van der Waals surface area contributed by atoms with Crippen LogP contribution in [0.4, 0.5) is 5.69 Å². The maximum atomic E-state index is 14.8. The lowest BCUT2D eigenvalue weighted by atomic mass is 10.0. The van der Waals surface area contributed by atoms with Crippen LogP contribution in [0.25, 0.3) is 0 Å². The zero-order valence-electron chi connectivity index (χ0n) is 28.8. The van der Waals surface area contributed by atoms with Gasteiger partial charge in [-0.1, -0.05) is 71.7 Å². The Hall–Kier alpha value is -4.45. The van der Waals surface area contributed by atoms with Crippen molar-refractivity contribution in [1.82, 2.24) is 10.2 Å². The molecular formula is C37H41Cl2N3O7S. The largest absolute Gasteiger partial charge is 0.495 e. The molecule has 0 saturated heterocycles. The standard InChI is InChI=1S/C37H41Cl2N3O7S/c1-37(2,3)40-36(44)31(20-25-12-8-7-9-13-25)41(23-26-14-10-11-15-29(26)39)35(43)24-42(30-21-27(38)16-18-32(30)47-4)50(45,46)28-17-19-33(48-5)34(22-28)49-6/h7-19,21-22,31H,20,23-24H2,1-6H3,(H,40,44)/t31-/m0/s1. The van der Waals surface area contributed by atoms with E-state index in [1.54, 1.807) is 30.3 Å². The monoisotopic (exact) mass is 741 g/mol. The summed E-state index contributed by atoms with van der Waals surface area (Å²) in [6.07, 6.45) is 0.141. The summed E-state index contributed by atoms with van der Waals surface area (Å²) in [4.78, 5) is 30.1. The van der Waals surface area contributed by atoms with Crippen molar-refractivity contribution in [3.05, 3.63) is 112 Å². The number of benzene rings is 4. The van der Waals surface area contributed by atoms with E-state index in [-0.39, 0.29) is 40.1 Å². The van der Waals surface area contributed by atoms with Crippen molar-refractivity contribution in [2.75, 3.05) is 32.2 Å². The molecule has 4 aromatic carbocycles. The van der Waals surface area contributed by atoms with Crippen LogP contribution in [0.2, 0.25) is 10.0 Å². The van der Waals surface area contributed by atoms with Gasteiger partial charge in [0.25, 0.3) is 10.0 Å². The Balaban J connectivity index is 1.90. The maximum absolute atomic E-state index is 14.8. The zero-order valence-corrected chi connectivity index (χ0v) is 31.1. The smallest absolute Gasteiger partial charge is 0.265 e.